The monoisotopic (exact) mass is 184 g/mol. The third-order valence-electron chi connectivity index (χ3n) is 1.76. The van der Waals surface area contributed by atoms with Crippen LogP contribution in [0.2, 0.25) is 0 Å². The molecule has 0 amide bonds. The predicted octanol–water partition coefficient (Wildman–Crippen LogP) is 4.12. The highest BCUT2D eigenvalue weighted by Crippen LogP contribution is 1.92. The standard InChI is InChI=1S/C14H16/c1-2-4-6-8-10-12-14-13-11-9-7-5-3-1/h1-6,9-14H,7-8H2/b2-1-,5-3-,6-4-,11-9-,12-10-,14-13-. The normalized spacial score (nSPS) is 30.9. The summed E-state index contributed by atoms with van der Waals surface area (Å²) in [5.41, 5.74) is 0. The topological polar surface area (TPSA) is 0 Å². The van der Waals surface area contributed by atoms with Crippen molar-refractivity contribution in [2.24, 2.45) is 0 Å². The molecule has 0 aromatic heterocycles. The summed E-state index contributed by atoms with van der Waals surface area (Å²) >= 11 is 0. The van der Waals surface area contributed by atoms with Crippen LogP contribution in [-0.4, -0.2) is 0 Å². The highest BCUT2D eigenvalue weighted by atomic mass is 13.8. The summed E-state index contributed by atoms with van der Waals surface area (Å²) in [6, 6.07) is 0. The summed E-state index contributed by atoms with van der Waals surface area (Å²) in [4.78, 5) is 0. The number of rotatable bonds is 0. The zero-order valence-electron chi connectivity index (χ0n) is 8.34. The molecule has 0 saturated carbocycles. The van der Waals surface area contributed by atoms with Crippen LogP contribution in [0.25, 0.3) is 0 Å². The maximum Gasteiger partial charge on any atom is -0.0163 e. The van der Waals surface area contributed by atoms with Crippen LogP contribution in [0.5, 0.6) is 0 Å². The molecule has 0 heterocycles. The van der Waals surface area contributed by atoms with Gasteiger partial charge in [-0.1, -0.05) is 72.9 Å². The van der Waals surface area contributed by atoms with Crippen molar-refractivity contribution in [1.82, 2.24) is 0 Å². The molecule has 1 rings (SSSR count). The van der Waals surface area contributed by atoms with Crippen molar-refractivity contribution in [3.05, 3.63) is 72.9 Å². The van der Waals surface area contributed by atoms with Crippen LogP contribution in [0.15, 0.2) is 72.9 Å². The molecule has 0 aromatic rings. The Bertz CT molecular complexity index is 236. The van der Waals surface area contributed by atoms with Gasteiger partial charge in [0.1, 0.15) is 0 Å². The smallest absolute Gasteiger partial charge is 0.0163 e. The van der Waals surface area contributed by atoms with Crippen molar-refractivity contribution >= 4 is 0 Å². The minimum absolute atomic E-state index is 0.988. The Kier molecular flexibility index (Phi) is 6.05. The van der Waals surface area contributed by atoms with Gasteiger partial charge in [0.2, 0.25) is 0 Å². The van der Waals surface area contributed by atoms with Gasteiger partial charge in [0.25, 0.3) is 0 Å². The number of allylic oxidation sites excluding steroid dienone is 12. The molecule has 0 bridgehead atoms. The second kappa shape index (κ2) is 8.06. The average Bonchev–Trinajstić information content (AvgIpc) is 2.22. The first-order valence-corrected chi connectivity index (χ1v) is 4.97. The van der Waals surface area contributed by atoms with Gasteiger partial charge in [-0.3, -0.25) is 0 Å². The van der Waals surface area contributed by atoms with Gasteiger partial charge in [0, 0.05) is 0 Å². The van der Waals surface area contributed by atoms with Crippen molar-refractivity contribution in [1.29, 1.82) is 0 Å². The molecule has 0 nitrogen and oxygen atoms in total. The SMILES string of the molecule is C1=C\C=C/C\C=C/C=C\C=C/C\C=C/1. The van der Waals surface area contributed by atoms with Crippen molar-refractivity contribution in [3.8, 4) is 0 Å². The fraction of sp³-hybridized carbons (Fsp3) is 0.143. The molecule has 0 fully saturated rings. The van der Waals surface area contributed by atoms with Gasteiger partial charge in [0.05, 0.1) is 0 Å². The molecule has 0 aliphatic heterocycles. The second-order valence-corrected chi connectivity index (χ2v) is 2.95. The van der Waals surface area contributed by atoms with Gasteiger partial charge in [0.15, 0.2) is 0 Å². The molecule has 0 radical (unpaired) electrons. The van der Waals surface area contributed by atoms with Crippen molar-refractivity contribution < 1.29 is 0 Å². The van der Waals surface area contributed by atoms with Gasteiger partial charge in [-0.2, -0.15) is 0 Å². The minimum Gasteiger partial charge on any atom is -0.0807 e. The molecular weight excluding hydrogens is 168 g/mol. The predicted molar refractivity (Wildman–Crippen MR) is 64.1 cm³/mol. The van der Waals surface area contributed by atoms with Crippen LogP contribution in [0, 0.1) is 0 Å². The molecule has 0 unspecified atom stereocenters. The van der Waals surface area contributed by atoms with Crippen LogP contribution in [0.1, 0.15) is 12.8 Å². The Balaban J connectivity index is 2.55. The summed E-state index contributed by atoms with van der Waals surface area (Å²) in [5, 5.41) is 0. The van der Waals surface area contributed by atoms with E-state index in [1.165, 1.54) is 0 Å². The van der Waals surface area contributed by atoms with Gasteiger partial charge in [-0.15, -0.1) is 0 Å². The fourth-order valence-electron chi connectivity index (χ4n) is 1.04. The van der Waals surface area contributed by atoms with E-state index in [-0.39, 0.29) is 0 Å². The summed E-state index contributed by atoms with van der Waals surface area (Å²) in [5.74, 6) is 0. The maximum absolute atomic E-state index is 2.14. The Morgan fingerprint density at radius 1 is 0.357 bits per heavy atom. The fourth-order valence-corrected chi connectivity index (χ4v) is 1.04. The molecule has 14 heavy (non-hydrogen) atoms. The molecular formula is C14H16. The molecule has 0 saturated heterocycles. The molecule has 0 spiro atoms. The van der Waals surface area contributed by atoms with Crippen molar-refractivity contribution in [3.63, 3.8) is 0 Å². The lowest BCUT2D eigenvalue weighted by atomic mass is 10.3. The summed E-state index contributed by atoms with van der Waals surface area (Å²) < 4.78 is 0. The third-order valence-corrected chi connectivity index (χ3v) is 1.76. The lowest BCUT2D eigenvalue weighted by Gasteiger charge is -1.82. The minimum atomic E-state index is 0.988. The van der Waals surface area contributed by atoms with Crippen LogP contribution in [0.3, 0.4) is 0 Å². The third kappa shape index (κ3) is 6.01. The van der Waals surface area contributed by atoms with E-state index in [0.717, 1.165) is 12.8 Å². The van der Waals surface area contributed by atoms with Crippen LogP contribution in [-0.2, 0) is 0 Å². The Labute approximate surface area is 86.3 Å². The summed E-state index contributed by atoms with van der Waals surface area (Å²) in [6.07, 6.45) is 27.0. The zero-order valence-corrected chi connectivity index (χ0v) is 8.34. The lowest BCUT2D eigenvalue weighted by molar-refractivity contribution is 1.38. The van der Waals surface area contributed by atoms with E-state index < -0.39 is 0 Å². The first-order valence-electron chi connectivity index (χ1n) is 4.97. The molecule has 0 heteroatoms. The first-order chi connectivity index (χ1) is 7.00. The van der Waals surface area contributed by atoms with E-state index in [9.17, 15) is 0 Å². The van der Waals surface area contributed by atoms with E-state index in [1.54, 1.807) is 0 Å². The van der Waals surface area contributed by atoms with Crippen LogP contribution in [0.4, 0.5) is 0 Å². The van der Waals surface area contributed by atoms with Crippen molar-refractivity contribution in [2.75, 3.05) is 0 Å². The van der Waals surface area contributed by atoms with E-state index in [2.05, 4.69) is 72.9 Å². The van der Waals surface area contributed by atoms with Gasteiger partial charge >= 0.3 is 0 Å². The molecule has 1 aliphatic rings. The van der Waals surface area contributed by atoms with E-state index >= 15 is 0 Å². The van der Waals surface area contributed by atoms with E-state index in [4.69, 9.17) is 0 Å². The molecule has 0 N–H and O–H groups in total. The number of hydrogen-bond donors (Lipinski definition) is 0. The van der Waals surface area contributed by atoms with E-state index in [0.29, 0.717) is 0 Å². The van der Waals surface area contributed by atoms with Crippen LogP contribution >= 0.6 is 0 Å². The average molecular weight is 184 g/mol. The highest BCUT2D eigenvalue weighted by Gasteiger charge is 1.71. The summed E-state index contributed by atoms with van der Waals surface area (Å²) in [7, 11) is 0. The highest BCUT2D eigenvalue weighted by molar-refractivity contribution is 5.16. The van der Waals surface area contributed by atoms with E-state index in [1.807, 2.05) is 0 Å². The van der Waals surface area contributed by atoms with Gasteiger partial charge < -0.3 is 0 Å². The Morgan fingerprint density at radius 3 is 0.929 bits per heavy atom. The Morgan fingerprint density at radius 2 is 0.643 bits per heavy atom. The molecule has 0 aromatic carbocycles. The number of hydrogen-bond acceptors (Lipinski definition) is 0. The molecule has 72 valence electrons. The van der Waals surface area contributed by atoms with Crippen molar-refractivity contribution in [2.45, 2.75) is 12.8 Å². The van der Waals surface area contributed by atoms with Gasteiger partial charge in [-0.05, 0) is 12.8 Å². The second-order valence-electron chi connectivity index (χ2n) is 2.95. The lowest BCUT2D eigenvalue weighted by Crippen LogP contribution is -1.60. The van der Waals surface area contributed by atoms with Gasteiger partial charge in [-0.25, -0.2) is 0 Å². The molecule has 0 atom stereocenters. The first kappa shape index (κ1) is 10.5. The largest absolute Gasteiger partial charge is 0.0807 e. The quantitative estimate of drug-likeness (QED) is 0.531. The maximum atomic E-state index is 2.14. The molecule has 1 aliphatic carbocycles. The zero-order chi connectivity index (χ0) is 9.90. The summed E-state index contributed by atoms with van der Waals surface area (Å²) in [6.45, 7) is 0. The van der Waals surface area contributed by atoms with Crippen LogP contribution < -0.4 is 0 Å². The Hall–Kier alpha value is -1.56.